The van der Waals surface area contributed by atoms with Crippen molar-refractivity contribution < 1.29 is 13.9 Å². The molecule has 1 aliphatic carbocycles. The Labute approximate surface area is 201 Å². The second-order valence-corrected chi connectivity index (χ2v) is 9.88. The number of aromatic nitrogens is 6. The lowest BCUT2D eigenvalue weighted by Gasteiger charge is -2.48. The highest BCUT2D eigenvalue weighted by Crippen LogP contribution is 2.40. The standard InChI is InChI=1S/C24H27FN8O2/c1-23(25)14-32(20(34)15-4-5-15)10-7-24(23,2)29-21-28-19(35-3)18-17(6-9-33(18)30-21)16-12-27-22-26-8-11-31(22)13-16/h6,8-9,11-13,15H,4-5,7,10,14H2,1-3H3,(H,29,30)/t23?,24-/m0/s1. The second-order valence-electron chi connectivity index (χ2n) is 9.88. The Morgan fingerprint density at radius 1 is 1.26 bits per heavy atom. The largest absolute Gasteiger partial charge is 0.479 e. The quantitative estimate of drug-likeness (QED) is 0.470. The topological polar surface area (TPSA) is 102 Å². The average molecular weight is 479 g/mol. The zero-order valence-corrected chi connectivity index (χ0v) is 19.9. The molecule has 4 aromatic rings. The van der Waals surface area contributed by atoms with E-state index in [0.717, 1.165) is 24.0 Å². The molecule has 1 N–H and O–H groups in total. The molecule has 2 fully saturated rings. The number of fused-ring (bicyclic) bond motifs is 2. The van der Waals surface area contributed by atoms with E-state index in [2.05, 4.69) is 25.4 Å². The van der Waals surface area contributed by atoms with Crippen molar-refractivity contribution >= 4 is 23.1 Å². The number of alkyl halides is 1. The highest BCUT2D eigenvalue weighted by atomic mass is 19.1. The third kappa shape index (κ3) is 3.57. The highest BCUT2D eigenvalue weighted by Gasteiger charge is 2.52. The SMILES string of the molecule is COc1nc(N[C@@]2(C)CCN(C(=O)C3CC3)CC2(C)F)nn2ccc(-c3cnc4nccn4c3)c12. The van der Waals surface area contributed by atoms with Gasteiger partial charge >= 0.3 is 0 Å². The van der Waals surface area contributed by atoms with E-state index in [0.29, 0.717) is 30.1 Å². The zero-order chi connectivity index (χ0) is 24.4. The van der Waals surface area contributed by atoms with Crippen molar-refractivity contribution in [2.45, 2.75) is 44.3 Å². The first-order valence-electron chi connectivity index (χ1n) is 11.8. The van der Waals surface area contributed by atoms with Gasteiger partial charge in [-0.25, -0.2) is 18.9 Å². The summed E-state index contributed by atoms with van der Waals surface area (Å²) in [5.41, 5.74) is -0.244. The van der Waals surface area contributed by atoms with Gasteiger partial charge in [0, 0.05) is 54.6 Å². The summed E-state index contributed by atoms with van der Waals surface area (Å²) in [6.07, 6.45) is 11.3. The Balaban J connectivity index is 1.31. The fourth-order valence-corrected chi connectivity index (χ4v) is 4.82. The molecule has 1 unspecified atom stereocenters. The summed E-state index contributed by atoms with van der Waals surface area (Å²) in [6, 6.07) is 1.92. The number of halogens is 1. The molecule has 2 aliphatic rings. The molecule has 4 aromatic heterocycles. The normalized spacial score (nSPS) is 24.7. The molecule has 6 rings (SSSR count). The van der Waals surface area contributed by atoms with Crippen molar-refractivity contribution in [3.05, 3.63) is 37.1 Å². The first-order chi connectivity index (χ1) is 16.8. The van der Waals surface area contributed by atoms with E-state index < -0.39 is 11.2 Å². The van der Waals surface area contributed by atoms with Crippen LogP contribution >= 0.6 is 0 Å². The summed E-state index contributed by atoms with van der Waals surface area (Å²) < 4.78 is 25.1. The number of imidazole rings is 1. The lowest BCUT2D eigenvalue weighted by atomic mass is 9.77. The van der Waals surface area contributed by atoms with E-state index >= 15 is 4.39 Å². The predicted octanol–water partition coefficient (Wildman–Crippen LogP) is 2.99. The predicted molar refractivity (Wildman–Crippen MR) is 127 cm³/mol. The molecule has 1 amide bonds. The fraction of sp³-hybridized carbons (Fsp3) is 0.458. The number of anilines is 1. The highest BCUT2D eigenvalue weighted by molar-refractivity contribution is 5.84. The Morgan fingerprint density at radius 2 is 2.09 bits per heavy atom. The van der Waals surface area contributed by atoms with E-state index in [1.807, 2.05) is 36.0 Å². The van der Waals surface area contributed by atoms with Gasteiger partial charge in [-0.05, 0) is 39.2 Å². The Kier molecular flexibility index (Phi) is 4.74. The Morgan fingerprint density at radius 3 is 2.83 bits per heavy atom. The molecule has 11 heteroatoms. The molecule has 182 valence electrons. The number of nitrogens with one attached hydrogen (secondary N) is 1. The minimum absolute atomic E-state index is 0.0443. The van der Waals surface area contributed by atoms with Gasteiger partial charge in [-0.1, -0.05) is 0 Å². The van der Waals surface area contributed by atoms with Crippen LogP contribution in [-0.4, -0.2) is 71.2 Å². The van der Waals surface area contributed by atoms with Crippen molar-refractivity contribution in [1.29, 1.82) is 0 Å². The van der Waals surface area contributed by atoms with Gasteiger partial charge in [-0.2, -0.15) is 4.98 Å². The summed E-state index contributed by atoms with van der Waals surface area (Å²) >= 11 is 0. The van der Waals surface area contributed by atoms with E-state index in [4.69, 9.17) is 4.74 Å². The molecule has 0 spiro atoms. The Hall–Kier alpha value is -3.76. The number of hydrogen-bond acceptors (Lipinski definition) is 7. The van der Waals surface area contributed by atoms with Gasteiger partial charge in [0.1, 0.15) is 11.2 Å². The van der Waals surface area contributed by atoms with Gasteiger partial charge in [-0.15, -0.1) is 5.10 Å². The molecule has 10 nitrogen and oxygen atoms in total. The summed E-state index contributed by atoms with van der Waals surface area (Å²) in [5, 5.41) is 7.83. The molecule has 5 heterocycles. The summed E-state index contributed by atoms with van der Waals surface area (Å²) in [4.78, 5) is 27.3. The molecule has 35 heavy (non-hydrogen) atoms. The van der Waals surface area contributed by atoms with Crippen molar-refractivity contribution in [2.24, 2.45) is 5.92 Å². The van der Waals surface area contributed by atoms with Crippen molar-refractivity contribution in [3.8, 4) is 17.0 Å². The van der Waals surface area contributed by atoms with Crippen LogP contribution in [0.4, 0.5) is 10.3 Å². The van der Waals surface area contributed by atoms with Crippen molar-refractivity contribution in [1.82, 2.24) is 33.9 Å². The van der Waals surface area contributed by atoms with Crippen LogP contribution in [0.2, 0.25) is 0 Å². The van der Waals surface area contributed by atoms with Gasteiger partial charge in [0.15, 0.2) is 0 Å². The van der Waals surface area contributed by atoms with E-state index in [1.165, 1.54) is 6.92 Å². The summed E-state index contributed by atoms with van der Waals surface area (Å²) in [7, 11) is 1.54. The first kappa shape index (κ1) is 21.8. The first-order valence-corrected chi connectivity index (χ1v) is 11.8. The Bertz CT molecular complexity index is 1440. The molecular formula is C24H27FN8O2. The molecule has 0 bridgehead atoms. The number of carbonyl (C=O) groups excluding carboxylic acids is 1. The number of methoxy groups -OCH3 is 1. The maximum absolute atomic E-state index is 16.0. The van der Waals surface area contributed by atoms with Gasteiger partial charge in [0.2, 0.25) is 23.5 Å². The van der Waals surface area contributed by atoms with Gasteiger partial charge in [-0.3, -0.25) is 9.20 Å². The second kappa shape index (κ2) is 7.62. The molecule has 0 radical (unpaired) electrons. The minimum atomic E-state index is -1.67. The molecule has 1 saturated carbocycles. The molecule has 2 atom stereocenters. The van der Waals surface area contributed by atoms with Gasteiger partial charge in [0.05, 0.1) is 19.2 Å². The third-order valence-corrected chi connectivity index (χ3v) is 7.37. The lowest BCUT2D eigenvalue weighted by Crippen LogP contribution is -2.64. The number of likely N-dealkylation sites (tertiary alicyclic amines) is 1. The number of piperidine rings is 1. The van der Waals surface area contributed by atoms with Gasteiger partial charge in [0.25, 0.3) is 0 Å². The van der Waals surface area contributed by atoms with Gasteiger partial charge < -0.3 is 15.0 Å². The zero-order valence-electron chi connectivity index (χ0n) is 19.9. The number of amides is 1. The van der Waals surface area contributed by atoms with Crippen molar-refractivity contribution in [3.63, 3.8) is 0 Å². The van der Waals surface area contributed by atoms with E-state index in [9.17, 15) is 4.79 Å². The lowest BCUT2D eigenvalue weighted by molar-refractivity contribution is -0.138. The van der Waals surface area contributed by atoms with E-state index in [-0.39, 0.29) is 24.3 Å². The smallest absolute Gasteiger partial charge is 0.244 e. The maximum atomic E-state index is 16.0. The monoisotopic (exact) mass is 478 g/mol. The number of ether oxygens (including phenoxy) is 1. The fourth-order valence-electron chi connectivity index (χ4n) is 4.82. The number of rotatable bonds is 5. The maximum Gasteiger partial charge on any atom is 0.244 e. The number of carbonyl (C=O) groups is 1. The van der Waals surface area contributed by atoms with Crippen LogP contribution in [-0.2, 0) is 4.79 Å². The molecule has 0 aromatic carbocycles. The molecule has 1 aliphatic heterocycles. The summed E-state index contributed by atoms with van der Waals surface area (Å²) in [5.74, 6) is 1.37. The number of hydrogen-bond donors (Lipinski definition) is 1. The van der Waals surface area contributed by atoms with Crippen LogP contribution in [0.3, 0.4) is 0 Å². The van der Waals surface area contributed by atoms with Crippen LogP contribution in [0.5, 0.6) is 5.88 Å². The van der Waals surface area contributed by atoms with Crippen LogP contribution < -0.4 is 10.1 Å². The third-order valence-electron chi connectivity index (χ3n) is 7.37. The average Bonchev–Trinajstić information content (AvgIpc) is 3.43. The van der Waals surface area contributed by atoms with Crippen LogP contribution in [0, 0.1) is 5.92 Å². The minimum Gasteiger partial charge on any atom is -0.479 e. The number of nitrogens with zero attached hydrogens (tertiary/aromatic N) is 7. The van der Waals surface area contributed by atoms with Crippen LogP contribution in [0.15, 0.2) is 37.1 Å². The van der Waals surface area contributed by atoms with Crippen LogP contribution in [0.25, 0.3) is 22.4 Å². The van der Waals surface area contributed by atoms with E-state index in [1.54, 1.807) is 28.9 Å². The van der Waals surface area contributed by atoms with Crippen molar-refractivity contribution in [2.75, 3.05) is 25.5 Å². The van der Waals surface area contributed by atoms with Crippen LogP contribution in [0.1, 0.15) is 33.1 Å². The summed E-state index contributed by atoms with van der Waals surface area (Å²) in [6.45, 7) is 3.89. The molecule has 1 saturated heterocycles. The molecular weight excluding hydrogens is 451 g/mol.